The van der Waals surface area contributed by atoms with E-state index in [1.54, 1.807) is 7.11 Å². The lowest BCUT2D eigenvalue weighted by Crippen LogP contribution is -3.19. The van der Waals surface area contributed by atoms with Crippen molar-refractivity contribution in [2.45, 2.75) is 51.6 Å². The number of rotatable bonds is 5. The molecule has 5 heteroatoms. The number of hydrogen-bond acceptors (Lipinski definition) is 3. The summed E-state index contributed by atoms with van der Waals surface area (Å²) in [5.41, 5.74) is 1.23. The first-order chi connectivity index (χ1) is 12.6. The van der Waals surface area contributed by atoms with Gasteiger partial charge in [-0.2, -0.15) is 0 Å². The molecule has 3 atom stereocenters. The lowest BCUT2D eigenvalue weighted by Gasteiger charge is -2.37. The molecule has 3 rings (SSSR count). The molecule has 1 saturated carbocycles. The van der Waals surface area contributed by atoms with Crippen molar-refractivity contribution in [3.8, 4) is 5.75 Å². The SMILES string of the molecule is COc1ccc(N2CC[NH+]([C@H](C)C(=O)N[C@H]3CCCC[C@@H]3C)CC2)cc1. The van der Waals surface area contributed by atoms with Crippen molar-refractivity contribution in [2.24, 2.45) is 5.92 Å². The van der Waals surface area contributed by atoms with Gasteiger partial charge in [0.1, 0.15) is 5.75 Å². The van der Waals surface area contributed by atoms with Crippen molar-refractivity contribution in [1.29, 1.82) is 0 Å². The van der Waals surface area contributed by atoms with E-state index < -0.39 is 0 Å². The number of nitrogens with zero attached hydrogens (tertiary/aromatic N) is 1. The van der Waals surface area contributed by atoms with Crippen molar-refractivity contribution in [3.63, 3.8) is 0 Å². The van der Waals surface area contributed by atoms with E-state index in [1.165, 1.54) is 29.8 Å². The van der Waals surface area contributed by atoms with E-state index in [-0.39, 0.29) is 11.9 Å². The van der Waals surface area contributed by atoms with Gasteiger partial charge in [-0.25, -0.2) is 0 Å². The lowest BCUT2D eigenvalue weighted by molar-refractivity contribution is -0.914. The molecule has 1 amide bonds. The van der Waals surface area contributed by atoms with Gasteiger partial charge >= 0.3 is 0 Å². The van der Waals surface area contributed by atoms with Crippen LogP contribution in [0.15, 0.2) is 24.3 Å². The fourth-order valence-corrected chi connectivity index (χ4v) is 4.30. The summed E-state index contributed by atoms with van der Waals surface area (Å²) < 4.78 is 5.23. The summed E-state index contributed by atoms with van der Waals surface area (Å²) in [6, 6.07) is 8.65. The van der Waals surface area contributed by atoms with Crippen LogP contribution in [0.1, 0.15) is 39.5 Å². The first-order valence-corrected chi connectivity index (χ1v) is 10.1. The molecule has 1 aliphatic heterocycles. The Hall–Kier alpha value is -1.75. The minimum absolute atomic E-state index is 0.0298. The molecule has 2 aliphatic rings. The standard InChI is InChI=1S/C21H33N3O2/c1-16-6-4-5-7-20(16)22-21(25)17(2)23-12-14-24(15-13-23)18-8-10-19(26-3)11-9-18/h8-11,16-17,20H,4-7,12-15H2,1-3H3,(H,22,25)/p+1/t16-,17+,20-/m0/s1. The number of amides is 1. The molecule has 1 aliphatic carbocycles. The maximum Gasteiger partial charge on any atom is 0.278 e. The van der Waals surface area contributed by atoms with Gasteiger partial charge in [-0.05, 0) is 49.9 Å². The Balaban J connectivity index is 1.49. The predicted octanol–water partition coefficient (Wildman–Crippen LogP) is 1.48. The molecule has 0 bridgehead atoms. The minimum atomic E-state index is 0.0298. The quantitative estimate of drug-likeness (QED) is 0.836. The third kappa shape index (κ3) is 4.50. The van der Waals surface area contributed by atoms with Crippen LogP contribution in [-0.4, -0.2) is 51.3 Å². The zero-order chi connectivity index (χ0) is 18.5. The van der Waals surface area contributed by atoms with Gasteiger partial charge in [-0.1, -0.05) is 19.8 Å². The van der Waals surface area contributed by atoms with Crippen molar-refractivity contribution < 1.29 is 14.4 Å². The van der Waals surface area contributed by atoms with Crippen LogP contribution in [0.3, 0.4) is 0 Å². The highest BCUT2D eigenvalue weighted by Gasteiger charge is 2.31. The first-order valence-electron chi connectivity index (χ1n) is 10.1. The van der Waals surface area contributed by atoms with E-state index >= 15 is 0 Å². The van der Waals surface area contributed by atoms with Gasteiger partial charge in [0.05, 0.1) is 33.3 Å². The Kier molecular flexibility index (Phi) is 6.41. The number of hydrogen-bond donors (Lipinski definition) is 2. The number of piperazine rings is 1. The summed E-state index contributed by atoms with van der Waals surface area (Å²) in [5.74, 6) is 1.73. The maximum atomic E-state index is 12.7. The summed E-state index contributed by atoms with van der Waals surface area (Å²) in [6.07, 6.45) is 4.94. The molecule has 1 aromatic carbocycles. The van der Waals surface area contributed by atoms with E-state index in [4.69, 9.17) is 4.74 Å². The van der Waals surface area contributed by atoms with Gasteiger partial charge in [0.2, 0.25) is 0 Å². The van der Waals surface area contributed by atoms with Gasteiger partial charge in [0, 0.05) is 11.7 Å². The fourth-order valence-electron chi connectivity index (χ4n) is 4.30. The molecular formula is C21H34N3O2+. The number of methoxy groups -OCH3 is 1. The van der Waals surface area contributed by atoms with Gasteiger partial charge in [-0.3, -0.25) is 4.79 Å². The average Bonchev–Trinajstić information content (AvgIpc) is 2.69. The van der Waals surface area contributed by atoms with Crippen LogP contribution < -0.4 is 19.9 Å². The smallest absolute Gasteiger partial charge is 0.278 e. The van der Waals surface area contributed by atoms with Crippen molar-refractivity contribution >= 4 is 11.6 Å². The summed E-state index contributed by atoms with van der Waals surface area (Å²) >= 11 is 0. The summed E-state index contributed by atoms with van der Waals surface area (Å²) in [4.78, 5) is 16.5. The number of quaternary nitrogens is 1. The van der Waals surface area contributed by atoms with Crippen LogP contribution in [0.5, 0.6) is 5.75 Å². The molecule has 1 aromatic rings. The molecule has 144 valence electrons. The Morgan fingerprint density at radius 1 is 1.19 bits per heavy atom. The van der Waals surface area contributed by atoms with Gasteiger partial charge in [0.25, 0.3) is 5.91 Å². The third-order valence-electron chi connectivity index (χ3n) is 6.29. The lowest BCUT2D eigenvalue weighted by atomic mass is 9.86. The van der Waals surface area contributed by atoms with Gasteiger partial charge in [0.15, 0.2) is 6.04 Å². The topological polar surface area (TPSA) is 46.0 Å². The largest absolute Gasteiger partial charge is 0.497 e. The fraction of sp³-hybridized carbons (Fsp3) is 0.667. The van der Waals surface area contributed by atoms with Gasteiger partial charge in [-0.15, -0.1) is 0 Å². The highest BCUT2D eigenvalue weighted by atomic mass is 16.5. The molecule has 1 saturated heterocycles. The summed E-state index contributed by atoms with van der Waals surface area (Å²) in [7, 11) is 1.69. The second-order valence-electron chi connectivity index (χ2n) is 7.94. The van der Waals surface area contributed by atoms with Crippen LogP contribution in [0, 0.1) is 5.92 Å². The molecule has 2 fully saturated rings. The number of carbonyl (C=O) groups excluding carboxylic acids is 1. The number of nitrogens with one attached hydrogen (secondary N) is 2. The van der Waals surface area contributed by atoms with Crippen molar-refractivity contribution in [1.82, 2.24) is 5.32 Å². The predicted molar refractivity (Wildman–Crippen MR) is 105 cm³/mol. The summed E-state index contributed by atoms with van der Waals surface area (Å²) in [6.45, 7) is 8.33. The molecule has 1 heterocycles. The molecule has 0 aromatic heterocycles. The molecule has 26 heavy (non-hydrogen) atoms. The summed E-state index contributed by atoms with van der Waals surface area (Å²) in [5, 5.41) is 3.33. The van der Waals surface area contributed by atoms with Crippen LogP contribution in [0.2, 0.25) is 0 Å². The van der Waals surface area contributed by atoms with Gasteiger partial charge < -0.3 is 19.9 Å². The van der Waals surface area contributed by atoms with Crippen LogP contribution in [0.4, 0.5) is 5.69 Å². The number of benzene rings is 1. The third-order valence-corrected chi connectivity index (χ3v) is 6.29. The highest BCUT2D eigenvalue weighted by molar-refractivity contribution is 5.80. The van der Waals surface area contributed by atoms with E-state index in [0.717, 1.165) is 38.3 Å². The zero-order valence-corrected chi connectivity index (χ0v) is 16.5. The second kappa shape index (κ2) is 8.76. The van der Waals surface area contributed by atoms with E-state index in [2.05, 4.69) is 36.2 Å². The van der Waals surface area contributed by atoms with Crippen LogP contribution >= 0.6 is 0 Å². The molecular weight excluding hydrogens is 326 g/mol. The van der Waals surface area contributed by atoms with Crippen LogP contribution in [0.25, 0.3) is 0 Å². The molecule has 5 nitrogen and oxygen atoms in total. The second-order valence-corrected chi connectivity index (χ2v) is 7.94. The maximum absolute atomic E-state index is 12.7. The molecule has 0 unspecified atom stereocenters. The monoisotopic (exact) mass is 360 g/mol. The number of carbonyl (C=O) groups is 1. The molecule has 0 radical (unpaired) electrons. The molecule has 0 spiro atoms. The first kappa shape index (κ1) is 19.0. The number of ether oxygens (including phenoxy) is 1. The van der Waals surface area contributed by atoms with Crippen LogP contribution in [-0.2, 0) is 4.79 Å². The average molecular weight is 361 g/mol. The Morgan fingerprint density at radius 2 is 1.85 bits per heavy atom. The zero-order valence-electron chi connectivity index (χ0n) is 16.5. The van der Waals surface area contributed by atoms with Crippen molar-refractivity contribution in [2.75, 3.05) is 38.2 Å². The molecule has 2 N–H and O–H groups in total. The van der Waals surface area contributed by atoms with E-state index in [0.29, 0.717) is 12.0 Å². The highest BCUT2D eigenvalue weighted by Crippen LogP contribution is 2.23. The van der Waals surface area contributed by atoms with E-state index in [1.807, 2.05) is 12.1 Å². The van der Waals surface area contributed by atoms with E-state index in [9.17, 15) is 4.79 Å². The minimum Gasteiger partial charge on any atom is -0.497 e. The Bertz CT molecular complexity index is 581. The Morgan fingerprint density at radius 3 is 2.46 bits per heavy atom. The number of anilines is 1. The normalized spacial score (nSPS) is 25.6. The Labute approximate surface area is 157 Å². The van der Waals surface area contributed by atoms with Crippen molar-refractivity contribution in [3.05, 3.63) is 24.3 Å².